The van der Waals surface area contributed by atoms with Crippen LogP contribution >= 0.6 is 11.6 Å². The number of nitrogens with zero attached hydrogens (tertiary/aromatic N) is 4. The number of sulfonamides is 1. The Bertz CT molecular complexity index is 2430. The molecule has 1 aliphatic rings. The van der Waals surface area contributed by atoms with Crippen LogP contribution in [0.5, 0.6) is 5.75 Å². The molecule has 3 aromatic carbocycles. The van der Waals surface area contributed by atoms with E-state index in [1.165, 1.54) is 31.3 Å². The van der Waals surface area contributed by atoms with E-state index in [0.29, 0.717) is 35.8 Å². The van der Waals surface area contributed by atoms with E-state index in [2.05, 4.69) is 35.5 Å². The number of halogens is 1. The second kappa shape index (κ2) is 20.7. The highest BCUT2D eigenvalue weighted by Crippen LogP contribution is 2.39. The zero-order valence-electron chi connectivity index (χ0n) is 35.0. The normalized spacial score (nSPS) is 13.9. The fourth-order valence-corrected chi connectivity index (χ4v) is 9.10. The van der Waals surface area contributed by atoms with Crippen LogP contribution < -0.4 is 25.4 Å². The van der Waals surface area contributed by atoms with Crippen LogP contribution in [0.15, 0.2) is 65.7 Å². The van der Waals surface area contributed by atoms with Gasteiger partial charge < -0.3 is 25.4 Å². The van der Waals surface area contributed by atoms with E-state index in [9.17, 15) is 31.7 Å². The van der Waals surface area contributed by atoms with Crippen molar-refractivity contribution in [3.8, 4) is 5.75 Å². The Morgan fingerprint density at radius 1 is 0.951 bits per heavy atom. The first-order chi connectivity index (χ1) is 28.8. The minimum atomic E-state index is -3.91. The van der Waals surface area contributed by atoms with Gasteiger partial charge >= 0.3 is 0 Å². The van der Waals surface area contributed by atoms with Gasteiger partial charge in [-0.15, -0.1) is 0 Å². The molecular formula is C41H53ClN8O9S2. The molecule has 0 atom stereocenters. The Balaban J connectivity index is 1.12. The van der Waals surface area contributed by atoms with Crippen LogP contribution in [0.2, 0.25) is 5.02 Å². The molecule has 20 heteroatoms. The number of para-hydroxylation sites is 2. The number of anilines is 5. The largest absolute Gasteiger partial charge is 0.489 e. The summed E-state index contributed by atoms with van der Waals surface area (Å²) >= 11 is 6.48. The Morgan fingerprint density at radius 3 is 2.34 bits per heavy atom. The summed E-state index contributed by atoms with van der Waals surface area (Å²) in [6.45, 7) is 12.4. The van der Waals surface area contributed by atoms with Crippen LogP contribution in [0.25, 0.3) is 0 Å². The quantitative estimate of drug-likeness (QED) is 0.0404. The second-order valence-corrected chi connectivity index (χ2v) is 20.0. The van der Waals surface area contributed by atoms with E-state index in [4.69, 9.17) is 21.1 Å². The van der Waals surface area contributed by atoms with Gasteiger partial charge in [0.15, 0.2) is 15.7 Å². The van der Waals surface area contributed by atoms with Gasteiger partial charge in [0.05, 0.1) is 64.3 Å². The number of piperidine rings is 1. The van der Waals surface area contributed by atoms with Gasteiger partial charge in [0.2, 0.25) is 21.9 Å². The van der Waals surface area contributed by atoms with E-state index >= 15 is 0 Å². The molecule has 0 bridgehead atoms. The lowest BCUT2D eigenvalue weighted by molar-refractivity contribution is -0.384. The van der Waals surface area contributed by atoms with Gasteiger partial charge in [0, 0.05) is 12.1 Å². The fourth-order valence-electron chi connectivity index (χ4n) is 6.82. The number of likely N-dealkylation sites (tertiary alicyclic amines) is 1. The zero-order chi connectivity index (χ0) is 44.5. The molecule has 1 fully saturated rings. The summed E-state index contributed by atoms with van der Waals surface area (Å²) in [4.78, 5) is 34.7. The highest BCUT2D eigenvalue weighted by atomic mass is 35.5. The Labute approximate surface area is 362 Å². The molecule has 0 aliphatic carbocycles. The van der Waals surface area contributed by atoms with Crippen LogP contribution in [0.3, 0.4) is 0 Å². The first-order valence-corrected chi connectivity index (χ1v) is 23.4. The van der Waals surface area contributed by atoms with Gasteiger partial charge in [-0.05, 0) is 115 Å². The number of hydrogen-bond donors (Lipinski definition) is 4. The highest BCUT2D eigenvalue weighted by molar-refractivity contribution is 7.92. The van der Waals surface area contributed by atoms with Crippen molar-refractivity contribution in [2.75, 3.05) is 60.5 Å². The summed E-state index contributed by atoms with van der Waals surface area (Å²) in [7, 11) is -7.51. The summed E-state index contributed by atoms with van der Waals surface area (Å²) in [6.07, 6.45) is 2.95. The van der Waals surface area contributed by atoms with Crippen molar-refractivity contribution in [2.24, 2.45) is 0 Å². The number of aromatic nitrogens is 2. The zero-order valence-corrected chi connectivity index (χ0v) is 37.4. The minimum absolute atomic E-state index is 0.0976. The van der Waals surface area contributed by atoms with Gasteiger partial charge in [-0.3, -0.25) is 24.5 Å². The molecule has 1 aliphatic heterocycles. The number of nitrogens with one attached hydrogen (secondary N) is 4. The summed E-state index contributed by atoms with van der Waals surface area (Å²) < 4.78 is 65.1. The Morgan fingerprint density at radius 2 is 1.66 bits per heavy atom. The molecule has 0 spiro atoms. The van der Waals surface area contributed by atoms with Crippen molar-refractivity contribution in [3.63, 3.8) is 0 Å². The number of carbonyl (C=O) groups is 1. The number of nitro benzene ring substituents is 1. The lowest BCUT2D eigenvalue weighted by Crippen LogP contribution is -2.42. The highest BCUT2D eigenvalue weighted by Gasteiger charge is 2.27. The molecule has 330 valence electrons. The van der Waals surface area contributed by atoms with E-state index in [1.807, 2.05) is 32.9 Å². The molecule has 17 nitrogen and oxygen atoms in total. The molecule has 1 saturated heterocycles. The smallest absolute Gasteiger partial charge is 0.296 e. The lowest BCUT2D eigenvalue weighted by Gasteiger charge is -2.32. The van der Waals surface area contributed by atoms with Crippen molar-refractivity contribution in [1.29, 1.82) is 0 Å². The first-order valence-electron chi connectivity index (χ1n) is 19.9. The second-order valence-electron chi connectivity index (χ2n) is 15.3. The van der Waals surface area contributed by atoms with Gasteiger partial charge in [0.25, 0.3) is 5.69 Å². The van der Waals surface area contributed by atoms with Crippen LogP contribution in [0.4, 0.5) is 34.5 Å². The predicted octanol–water partition coefficient (Wildman–Crippen LogP) is 6.87. The number of sulfone groups is 1. The van der Waals surface area contributed by atoms with E-state index in [-0.39, 0.29) is 77.3 Å². The van der Waals surface area contributed by atoms with E-state index in [0.717, 1.165) is 24.0 Å². The third-order valence-corrected chi connectivity index (χ3v) is 13.7. The summed E-state index contributed by atoms with van der Waals surface area (Å²) in [6, 6.07) is 15.0. The summed E-state index contributed by atoms with van der Waals surface area (Å²) in [5.41, 5.74) is 3.10. The SMILES string of the molecule is Cc1cc(Nc2ncc(Cl)c(Nc3ccccc3S(=O)(=O)C(C)C)n2)c(OC(C)C)cc1C1CCN(CC(=O)NCCOCCS(=O)(=O)Nc2cccc(C)c2[N+](=O)[O-])CC1. The van der Waals surface area contributed by atoms with Gasteiger partial charge in [-0.1, -0.05) is 35.9 Å². The molecule has 0 unspecified atom stereocenters. The monoisotopic (exact) mass is 900 g/mol. The molecule has 61 heavy (non-hydrogen) atoms. The molecule has 5 rings (SSSR count). The average Bonchev–Trinajstić information content (AvgIpc) is 3.18. The third kappa shape index (κ3) is 12.7. The number of nitro groups is 1. The van der Waals surface area contributed by atoms with Crippen molar-refractivity contribution < 1.29 is 36.0 Å². The number of carbonyl (C=O) groups excluding carboxylic acids is 1. The first kappa shape index (κ1) is 47.0. The fraction of sp³-hybridized carbons (Fsp3) is 0.439. The maximum absolute atomic E-state index is 13.1. The van der Waals surface area contributed by atoms with Gasteiger partial charge in [-0.2, -0.15) is 4.98 Å². The number of hydrogen-bond acceptors (Lipinski definition) is 14. The Hall–Kier alpha value is -5.08. The maximum Gasteiger partial charge on any atom is 0.296 e. The topological polar surface area (TPSA) is 224 Å². The summed E-state index contributed by atoms with van der Waals surface area (Å²) in [5, 5.41) is 20.1. The summed E-state index contributed by atoms with van der Waals surface area (Å²) in [5.74, 6) is 0.715. The van der Waals surface area contributed by atoms with E-state index in [1.54, 1.807) is 38.1 Å². The van der Waals surface area contributed by atoms with Crippen LogP contribution in [0.1, 0.15) is 63.1 Å². The van der Waals surface area contributed by atoms with Crippen LogP contribution in [-0.2, 0) is 29.4 Å². The third-order valence-electron chi connectivity index (χ3n) is 9.93. The number of rotatable bonds is 20. The number of benzene rings is 3. The molecule has 1 amide bonds. The standard InChI is InChI=1S/C41H53ClN8O9S2/c1-26(2)59-36-23-31(29(6)22-35(36)46-41-44-24-32(42)40(47-41)45-33-11-7-8-13-37(33)61(56,57)27(3)4)30-14-17-49(18-15-30)25-38(51)43-16-19-58-20-21-60(54,55)48-34-12-9-10-28(5)39(34)50(52)53/h7-13,22-24,26-27,30,48H,14-21,25H2,1-6H3,(H,43,51)(H2,44,45,46,47). The van der Waals surface area contributed by atoms with Crippen LogP contribution in [0, 0.1) is 24.0 Å². The lowest BCUT2D eigenvalue weighted by atomic mass is 9.86. The maximum atomic E-state index is 13.1. The van der Waals surface area contributed by atoms with Crippen LogP contribution in [-0.4, -0.2) is 99.0 Å². The average molecular weight is 902 g/mol. The van der Waals surface area contributed by atoms with Crippen molar-refractivity contribution >= 4 is 71.9 Å². The molecule has 4 aromatic rings. The number of amides is 1. The van der Waals surface area contributed by atoms with Crippen molar-refractivity contribution in [2.45, 2.75) is 76.6 Å². The van der Waals surface area contributed by atoms with E-state index < -0.39 is 35.8 Å². The van der Waals surface area contributed by atoms with Gasteiger partial charge in [-0.25, -0.2) is 21.8 Å². The molecule has 0 saturated carbocycles. The predicted molar refractivity (Wildman–Crippen MR) is 237 cm³/mol. The molecule has 0 radical (unpaired) electrons. The number of ether oxygens (including phenoxy) is 2. The molecule has 4 N–H and O–H groups in total. The van der Waals surface area contributed by atoms with Crippen molar-refractivity contribution in [3.05, 3.63) is 92.6 Å². The van der Waals surface area contributed by atoms with Gasteiger partial charge in [0.1, 0.15) is 16.5 Å². The minimum Gasteiger partial charge on any atom is -0.489 e. The molecule has 2 heterocycles. The van der Waals surface area contributed by atoms with Crippen molar-refractivity contribution in [1.82, 2.24) is 20.2 Å². The number of aryl methyl sites for hydroxylation is 2. The molecular weight excluding hydrogens is 848 g/mol. The Kier molecular flexibility index (Phi) is 15.9. The molecule has 1 aromatic heterocycles.